The van der Waals surface area contributed by atoms with E-state index in [2.05, 4.69) is 17.1 Å². The van der Waals surface area contributed by atoms with E-state index in [1.54, 1.807) is 0 Å². The van der Waals surface area contributed by atoms with Crippen LogP contribution in [-0.2, 0) is 4.74 Å². The van der Waals surface area contributed by atoms with Crippen molar-refractivity contribution in [1.29, 1.82) is 0 Å². The Labute approximate surface area is 99.5 Å². The highest BCUT2D eigenvalue weighted by atomic mass is 16.5. The van der Waals surface area contributed by atoms with Crippen LogP contribution in [0.1, 0.15) is 32.6 Å². The van der Waals surface area contributed by atoms with Gasteiger partial charge in [0.15, 0.2) is 0 Å². The topological polar surface area (TPSA) is 24.5 Å². The van der Waals surface area contributed by atoms with Crippen molar-refractivity contribution in [2.45, 2.75) is 38.6 Å². The molecule has 3 nitrogen and oxygen atoms in total. The van der Waals surface area contributed by atoms with Crippen molar-refractivity contribution in [3.8, 4) is 0 Å². The predicted molar refractivity (Wildman–Crippen MR) is 66.7 cm³/mol. The van der Waals surface area contributed by atoms with Crippen LogP contribution in [-0.4, -0.2) is 50.3 Å². The van der Waals surface area contributed by atoms with Crippen molar-refractivity contribution in [2.75, 3.05) is 39.4 Å². The Hall–Kier alpha value is -0.120. The van der Waals surface area contributed by atoms with Gasteiger partial charge in [-0.1, -0.05) is 6.92 Å². The molecule has 1 heterocycles. The predicted octanol–water partition coefficient (Wildman–Crippen LogP) is 1.49. The maximum absolute atomic E-state index is 5.34. The standard InChI is InChI=1S/C13H26N2O/c1-12-3-4-13(11-12)14-5-2-6-15-7-9-16-10-8-15/h12-14H,2-11H2,1H3/t12-,13-/m0/s1. The molecule has 94 valence electrons. The van der Waals surface area contributed by atoms with Gasteiger partial charge in [0.05, 0.1) is 13.2 Å². The highest BCUT2D eigenvalue weighted by Crippen LogP contribution is 2.24. The van der Waals surface area contributed by atoms with Crippen LogP contribution in [0.25, 0.3) is 0 Å². The molecule has 0 aromatic rings. The summed E-state index contributed by atoms with van der Waals surface area (Å²) in [6.45, 7) is 8.89. The number of nitrogens with one attached hydrogen (secondary N) is 1. The first-order chi connectivity index (χ1) is 7.84. The third kappa shape index (κ3) is 4.04. The zero-order chi connectivity index (χ0) is 11.2. The van der Waals surface area contributed by atoms with Gasteiger partial charge in [-0.3, -0.25) is 4.90 Å². The fraction of sp³-hybridized carbons (Fsp3) is 1.00. The number of hydrogen-bond donors (Lipinski definition) is 1. The highest BCUT2D eigenvalue weighted by molar-refractivity contribution is 4.78. The second-order valence-electron chi connectivity index (χ2n) is 5.38. The number of hydrogen-bond acceptors (Lipinski definition) is 3. The van der Waals surface area contributed by atoms with Gasteiger partial charge in [-0.25, -0.2) is 0 Å². The van der Waals surface area contributed by atoms with Gasteiger partial charge >= 0.3 is 0 Å². The number of rotatable bonds is 5. The molecular formula is C13H26N2O. The number of ether oxygens (including phenoxy) is 1. The molecule has 1 saturated carbocycles. The van der Waals surface area contributed by atoms with E-state index in [1.807, 2.05) is 0 Å². The lowest BCUT2D eigenvalue weighted by molar-refractivity contribution is 0.0374. The molecule has 2 rings (SSSR count). The molecule has 0 bridgehead atoms. The summed E-state index contributed by atoms with van der Waals surface area (Å²) in [5.74, 6) is 0.941. The average molecular weight is 226 g/mol. The minimum atomic E-state index is 0.805. The number of nitrogens with zero attached hydrogens (tertiary/aromatic N) is 1. The minimum absolute atomic E-state index is 0.805. The molecule has 0 aromatic carbocycles. The maximum atomic E-state index is 5.34. The van der Waals surface area contributed by atoms with Crippen LogP contribution in [0.15, 0.2) is 0 Å². The van der Waals surface area contributed by atoms with E-state index in [-0.39, 0.29) is 0 Å². The summed E-state index contributed by atoms with van der Waals surface area (Å²) in [6.07, 6.45) is 5.47. The highest BCUT2D eigenvalue weighted by Gasteiger charge is 2.20. The molecule has 2 fully saturated rings. The Bertz CT molecular complexity index is 186. The lowest BCUT2D eigenvalue weighted by Gasteiger charge is -2.26. The smallest absolute Gasteiger partial charge is 0.0594 e. The second kappa shape index (κ2) is 6.58. The summed E-state index contributed by atoms with van der Waals surface area (Å²) in [4.78, 5) is 2.52. The lowest BCUT2D eigenvalue weighted by Crippen LogP contribution is -2.38. The first-order valence-corrected chi connectivity index (χ1v) is 6.88. The summed E-state index contributed by atoms with van der Waals surface area (Å²) in [6, 6.07) is 0.805. The minimum Gasteiger partial charge on any atom is -0.379 e. The largest absolute Gasteiger partial charge is 0.379 e. The van der Waals surface area contributed by atoms with E-state index >= 15 is 0 Å². The van der Waals surface area contributed by atoms with Crippen LogP contribution in [0.4, 0.5) is 0 Å². The molecule has 3 heteroatoms. The third-order valence-electron chi connectivity index (χ3n) is 3.88. The first-order valence-electron chi connectivity index (χ1n) is 6.88. The fourth-order valence-electron chi connectivity index (χ4n) is 2.83. The quantitative estimate of drug-likeness (QED) is 0.719. The zero-order valence-corrected chi connectivity index (χ0v) is 10.6. The fourth-order valence-corrected chi connectivity index (χ4v) is 2.83. The Kier molecular flexibility index (Phi) is 5.07. The summed E-state index contributed by atoms with van der Waals surface area (Å²) in [5.41, 5.74) is 0. The Morgan fingerprint density at radius 3 is 2.75 bits per heavy atom. The van der Waals surface area contributed by atoms with Crippen molar-refractivity contribution < 1.29 is 4.74 Å². The molecule has 0 spiro atoms. The van der Waals surface area contributed by atoms with E-state index in [4.69, 9.17) is 4.74 Å². The maximum Gasteiger partial charge on any atom is 0.0594 e. The molecule has 1 aliphatic heterocycles. The van der Waals surface area contributed by atoms with Gasteiger partial charge < -0.3 is 10.1 Å². The zero-order valence-electron chi connectivity index (χ0n) is 10.6. The number of morpholine rings is 1. The van der Waals surface area contributed by atoms with Crippen LogP contribution in [0, 0.1) is 5.92 Å². The second-order valence-corrected chi connectivity index (χ2v) is 5.38. The summed E-state index contributed by atoms with van der Waals surface area (Å²) in [7, 11) is 0. The van der Waals surface area contributed by atoms with E-state index < -0.39 is 0 Å². The molecule has 1 saturated heterocycles. The third-order valence-corrected chi connectivity index (χ3v) is 3.88. The average Bonchev–Trinajstić information content (AvgIpc) is 2.72. The van der Waals surface area contributed by atoms with Crippen LogP contribution < -0.4 is 5.32 Å². The normalized spacial score (nSPS) is 32.1. The lowest BCUT2D eigenvalue weighted by atomic mass is 10.1. The first kappa shape index (κ1) is 12.3. The van der Waals surface area contributed by atoms with Gasteiger partial charge in [0.1, 0.15) is 0 Å². The van der Waals surface area contributed by atoms with Crippen LogP contribution >= 0.6 is 0 Å². The van der Waals surface area contributed by atoms with Crippen molar-refractivity contribution in [2.24, 2.45) is 5.92 Å². The van der Waals surface area contributed by atoms with Gasteiger partial charge in [0, 0.05) is 19.1 Å². The van der Waals surface area contributed by atoms with Crippen molar-refractivity contribution in [3.05, 3.63) is 0 Å². The summed E-state index contributed by atoms with van der Waals surface area (Å²) < 4.78 is 5.34. The van der Waals surface area contributed by atoms with Crippen LogP contribution in [0.5, 0.6) is 0 Å². The Morgan fingerprint density at radius 2 is 2.06 bits per heavy atom. The molecule has 1 aliphatic carbocycles. The van der Waals surface area contributed by atoms with Gasteiger partial charge in [0.2, 0.25) is 0 Å². The Balaban J connectivity index is 1.48. The molecule has 0 amide bonds. The molecule has 16 heavy (non-hydrogen) atoms. The van der Waals surface area contributed by atoms with Crippen molar-refractivity contribution in [1.82, 2.24) is 10.2 Å². The van der Waals surface area contributed by atoms with E-state index in [0.717, 1.165) is 38.3 Å². The van der Waals surface area contributed by atoms with Crippen molar-refractivity contribution >= 4 is 0 Å². The molecule has 0 aromatic heterocycles. The summed E-state index contributed by atoms with van der Waals surface area (Å²) >= 11 is 0. The van der Waals surface area contributed by atoms with Gasteiger partial charge in [-0.2, -0.15) is 0 Å². The monoisotopic (exact) mass is 226 g/mol. The van der Waals surface area contributed by atoms with Gasteiger partial charge in [-0.15, -0.1) is 0 Å². The van der Waals surface area contributed by atoms with E-state index in [0.29, 0.717) is 0 Å². The molecule has 0 radical (unpaired) electrons. The summed E-state index contributed by atoms with van der Waals surface area (Å²) in [5, 5.41) is 3.69. The Morgan fingerprint density at radius 1 is 1.25 bits per heavy atom. The van der Waals surface area contributed by atoms with Gasteiger partial charge in [0.25, 0.3) is 0 Å². The van der Waals surface area contributed by atoms with E-state index in [1.165, 1.54) is 38.8 Å². The van der Waals surface area contributed by atoms with Gasteiger partial charge in [-0.05, 0) is 44.7 Å². The molecule has 2 aliphatic rings. The molecule has 0 unspecified atom stereocenters. The SMILES string of the molecule is C[C@H]1CC[C@H](NCCCN2CCOCC2)C1. The van der Waals surface area contributed by atoms with Crippen LogP contribution in [0.2, 0.25) is 0 Å². The molecule has 2 atom stereocenters. The van der Waals surface area contributed by atoms with Crippen LogP contribution in [0.3, 0.4) is 0 Å². The van der Waals surface area contributed by atoms with E-state index in [9.17, 15) is 0 Å². The molecule has 1 N–H and O–H groups in total. The van der Waals surface area contributed by atoms with Crippen molar-refractivity contribution in [3.63, 3.8) is 0 Å². The molecular weight excluding hydrogens is 200 g/mol.